The molecule has 1 aliphatic rings. The lowest BCUT2D eigenvalue weighted by Crippen LogP contribution is -2.50. The average molecular weight is 514 g/mol. The first kappa shape index (κ1) is 22.9. The van der Waals surface area contributed by atoms with Gasteiger partial charge in [-0.3, -0.25) is 15.2 Å². The van der Waals surface area contributed by atoms with Crippen LogP contribution in [0.25, 0.3) is 11.0 Å². The van der Waals surface area contributed by atoms with Crippen LogP contribution in [0, 0.1) is 0 Å². The number of aromatic nitrogens is 4. The van der Waals surface area contributed by atoms with Gasteiger partial charge in [-0.1, -0.05) is 16.8 Å². The van der Waals surface area contributed by atoms with Gasteiger partial charge in [0.25, 0.3) is 5.91 Å². The van der Waals surface area contributed by atoms with E-state index in [1.807, 2.05) is 0 Å². The summed E-state index contributed by atoms with van der Waals surface area (Å²) in [6.45, 7) is 2.29. The number of ether oxygens (including phenoxy) is 2. The van der Waals surface area contributed by atoms with Gasteiger partial charge in [0.2, 0.25) is 5.88 Å². The standard InChI is InChI=1S/C22H20ClN7O4S/c23-14-1-4-16(5-2-14)33-12-20(31)29-7-9-30(10-8-29)21-25-19(13-35-21)34-22(32)24-15-3-6-17-18(11-15)27-28-26-17/h1-6,11,13H,7-10,12H2,(H,24,32)(H,26,27,28). The number of thiazole rings is 1. The number of carbonyl (C=O) groups excluding carboxylic acids is 2. The fraction of sp³-hybridized carbons (Fsp3) is 0.227. The fourth-order valence-electron chi connectivity index (χ4n) is 3.51. The van der Waals surface area contributed by atoms with Gasteiger partial charge >= 0.3 is 6.09 Å². The first-order valence-corrected chi connectivity index (χ1v) is 12.0. The molecule has 0 unspecified atom stereocenters. The van der Waals surface area contributed by atoms with Gasteiger partial charge in [-0.2, -0.15) is 4.98 Å². The Labute approximate surface area is 208 Å². The van der Waals surface area contributed by atoms with Crippen molar-refractivity contribution in [1.82, 2.24) is 25.3 Å². The maximum absolute atomic E-state index is 12.5. The lowest BCUT2D eigenvalue weighted by molar-refractivity contribution is -0.133. The molecular weight excluding hydrogens is 494 g/mol. The van der Waals surface area contributed by atoms with Gasteiger partial charge in [-0.05, 0) is 42.5 Å². The molecule has 0 saturated carbocycles. The molecule has 0 atom stereocenters. The number of fused-ring (bicyclic) bond motifs is 1. The minimum absolute atomic E-state index is 0.0322. The SMILES string of the molecule is O=C(Nc1ccc2[nH]nnc2c1)Oc1csc(N2CCN(C(=O)COc3ccc(Cl)cc3)CC2)n1. The number of hydrogen-bond acceptors (Lipinski definition) is 9. The van der Waals surface area contributed by atoms with E-state index in [-0.39, 0.29) is 18.4 Å². The van der Waals surface area contributed by atoms with Crippen molar-refractivity contribution in [1.29, 1.82) is 0 Å². The number of anilines is 2. The zero-order valence-electron chi connectivity index (χ0n) is 18.3. The third-order valence-corrected chi connectivity index (χ3v) is 6.45. The predicted molar refractivity (Wildman–Crippen MR) is 131 cm³/mol. The van der Waals surface area contributed by atoms with E-state index in [9.17, 15) is 9.59 Å². The number of carbonyl (C=O) groups is 2. The number of benzene rings is 2. The number of nitrogens with zero attached hydrogens (tertiary/aromatic N) is 5. The molecule has 2 amide bonds. The molecular formula is C22H20ClN7O4S. The van der Waals surface area contributed by atoms with Crippen molar-refractivity contribution in [3.8, 4) is 11.6 Å². The highest BCUT2D eigenvalue weighted by Gasteiger charge is 2.23. The van der Waals surface area contributed by atoms with Gasteiger partial charge in [0.1, 0.15) is 11.3 Å². The molecule has 13 heteroatoms. The number of rotatable bonds is 6. The summed E-state index contributed by atoms with van der Waals surface area (Å²) in [5.74, 6) is 0.725. The highest BCUT2D eigenvalue weighted by Crippen LogP contribution is 2.26. The monoisotopic (exact) mass is 513 g/mol. The van der Waals surface area contributed by atoms with Crippen molar-refractivity contribution < 1.29 is 19.1 Å². The Balaban J connectivity index is 1.09. The number of piperazine rings is 1. The highest BCUT2D eigenvalue weighted by molar-refractivity contribution is 7.13. The van der Waals surface area contributed by atoms with E-state index in [0.717, 1.165) is 10.6 Å². The smallest absolute Gasteiger partial charge is 0.418 e. The van der Waals surface area contributed by atoms with Gasteiger partial charge in [-0.25, -0.2) is 4.79 Å². The van der Waals surface area contributed by atoms with Gasteiger partial charge in [-0.15, -0.1) is 16.4 Å². The predicted octanol–water partition coefficient (Wildman–Crippen LogP) is 3.41. The van der Waals surface area contributed by atoms with Crippen molar-refractivity contribution in [3.05, 3.63) is 52.9 Å². The number of halogens is 1. The summed E-state index contributed by atoms with van der Waals surface area (Å²) < 4.78 is 10.9. The molecule has 1 aliphatic heterocycles. The van der Waals surface area contributed by atoms with Crippen molar-refractivity contribution in [3.63, 3.8) is 0 Å². The molecule has 11 nitrogen and oxygen atoms in total. The molecule has 1 saturated heterocycles. The average Bonchev–Trinajstić information content (AvgIpc) is 3.53. The Kier molecular flexibility index (Phi) is 6.64. The van der Waals surface area contributed by atoms with E-state index in [2.05, 4.69) is 30.6 Å². The van der Waals surface area contributed by atoms with Crippen LogP contribution in [0.1, 0.15) is 0 Å². The molecule has 5 rings (SSSR count). The van der Waals surface area contributed by atoms with E-state index in [4.69, 9.17) is 21.1 Å². The first-order valence-electron chi connectivity index (χ1n) is 10.7. The van der Waals surface area contributed by atoms with E-state index in [0.29, 0.717) is 48.2 Å². The minimum Gasteiger partial charge on any atom is -0.484 e. The minimum atomic E-state index is -0.652. The molecule has 3 heterocycles. The van der Waals surface area contributed by atoms with Crippen LogP contribution in [0.4, 0.5) is 15.6 Å². The number of hydrogen-bond donors (Lipinski definition) is 2. The second-order valence-corrected chi connectivity index (χ2v) is 8.91. The van der Waals surface area contributed by atoms with Crippen LogP contribution in [0.15, 0.2) is 47.8 Å². The van der Waals surface area contributed by atoms with Gasteiger partial charge in [0.05, 0.1) is 10.9 Å². The molecule has 0 spiro atoms. The molecule has 35 heavy (non-hydrogen) atoms. The topological polar surface area (TPSA) is 126 Å². The zero-order chi connectivity index (χ0) is 24.2. The molecule has 2 N–H and O–H groups in total. The van der Waals surface area contributed by atoms with Crippen LogP contribution in [-0.2, 0) is 4.79 Å². The molecule has 1 fully saturated rings. The van der Waals surface area contributed by atoms with Crippen LogP contribution in [0.5, 0.6) is 11.6 Å². The summed E-state index contributed by atoms with van der Waals surface area (Å²) in [6.07, 6.45) is -0.652. The van der Waals surface area contributed by atoms with Gasteiger partial charge < -0.3 is 19.3 Å². The maximum atomic E-state index is 12.5. The Morgan fingerprint density at radius 1 is 1.11 bits per heavy atom. The Hall–Kier alpha value is -3.90. The number of H-pyrrole nitrogens is 1. The second-order valence-electron chi connectivity index (χ2n) is 7.64. The number of aromatic amines is 1. The summed E-state index contributed by atoms with van der Waals surface area (Å²) in [5.41, 5.74) is 1.93. The molecule has 0 radical (unpaired) electrons. The molecule has 180 valence electrons. The molecule has 0 bridgehead atoms. The van der Waals surface area contributed by atoms with Crippen LogP contribution in [0.3, 0.4) is 0 Å². The Bertz CT molecular complexity index is 1340. The van der Waals surface area contributed by atoms with E-state index >= 15 is 0 Å². The van der Waals surface area contributed by atoms with E-state index < -0.39 is 6.09 Å². The molecule has 2 aromatic heterocycles. The molecule has 2 aromatic carbocycles. The van der Waals surface area contributed by atoms with Gasteiger partial charge in [0, 0.05) is 36.9 Å². The number of amides is 2. The van der Waals surface area contributed by atoms with Crippen LogP contribution < -0.4 is 19.7 Å². The Morgan fingerprint density at radius 3 is 2.71 bits per heavy atom. The van der Waals surface area contributed by atoms with Crippen molar-refractivity contribution >= 4 is 56.8 Å². The number of nitrogens with one attached hydrogen (secondary N) is 2. The quantitative estimate of drug-likeness (QED) is 0.402. The van der Waals surface area contributed by atoms with E-state index in [1.54, 1.807) is 52.7 Å². The fourth-order valence-corrected chi connectivity index (χ4v) is 4.42. The summed E-state index contributed by atoms with van der Waals surface area (Å²) in [7, 11) is 0. The summed E-state index contributed by atoms with van der Waals surface area (Å²) in [6, 6.07) is 12.1. The largest absolute Gasteiger partial charge is 0.484 e. The third-order valence-electron chi connectivity index (χ3n) is 5.32. The van der Waals surface area contributed by atoms with Crippen LogP contribution in [0.2, 0.25) is 5.02 Å². The molecule has 4 aromatic rings. The second kappa shape index (κ2) is 10.2. The summed E-state index contributed by atoms with van der Waals surface area (Å²) in [4.78, 5) is 33.0. The van der Waals surface area contributed by atoms with Crippen molar-refractivity contribution in [2.75, 3.05) is 43.0 Å². The van der Waals surface area contributed by atoms with Crippen molar-refractivity contribution in [2.45, 2.75) is 0 Å². The lowest BCUT2D eigenvalue weighted by Gasteiger charge is -2.34. The van der Waals surface area contributed by atoms with Gasteiger partial charge in [0.15, 0.2) is 11.7 Å². The zero-order valence-corrected chi connectivity index (χ0v) is 19.9. The third kappa shape index (κ3) is 5.61. The lowest BCUT2D eigenvalue weighted by atomic mass is 10.3. The first-order chi connectivity index (χ1) is 17.0. The molecule has 0 aliphatic carbocycles. The summed E-state index contributed by atoms with van der Waals surface area (Å²) >= 11 is 7.24. The van der Waals surface area contributed by atoms with E-state index in [1.165, 1.54) is 11.3 Å². The normalized spacial score (nSPS) is 13.6. The Morgan fingerprint density at radius 2 is 1.91 bits per heavy atom. The maximum Gasteiger partial charge on any atom is 0.418 e. The van der Waals surface area contributed by atoms with Crippen LogP contribution >= 0.6 is 22.9 Å². The summed E-state index contributed by atoms with van der Waals surface area (Å²) in [5, 5.41) is 16.0. The highest BCUT2D eigenvalue weighted by atomic mass is 35.5. The van der Waals surface area contributed by atoms with Crippen molar-refractivity contribution in [2.24, 2.45) is 0 Å². The van der Waals surface area contributed by atoms with Crippen LogP contribution in [-0.4, -0.2) is 70.1 Å².